The van der Waals surface area contributed by atoms with E-state index in [1.807, 2.05) is 0 Å². The molecule has 178 valence electrons. The molecule has 0 fully saturated rings. The number of nitrogen functional groups attached to an aromatic ring is 1. The van der Waals surface area contributed by atoms with Gasteiger partial charge in [-0.3, -0.25) is 9.89 Å². The fourth-order valence-corrected chi connectivity index (χ4v) is 2.63. The molecule has 15 heteroatoms. The van der Waals surface area contributed by atoms with Crippen molar-refractivity contribution in [1.82, 2.24) is 10.2 Å². The maximum absolute atomic E-state index is 10.3. The molecular formula is C18H21N5O7S3. The van der Waals surface area contributed by atoms with Crippen molar-refractivity contribution in [2.75, 3.05) is 12.8 Å². The number of carboxylic acid groups (broad SMARTS) is 1. The van der Waals surface area contributed by atoms with Crippen molar-refractivity contribution in [3.8, 4) is 5.75 Å². The zero-order valence-corrected chi connectivity index (χ0v) is 19.6. The van der Waals surface area contributed by atoms with Crippen LogP contribution >= 0.6 is 36.2 Å². The monoisotopic (exact) mass is 515 g/mol. The van der Waals surface area contributed by atoms with Gasteiger partial charge < -0.3 is 26.1 Å². The maximum atomic E-state index is 10.3. The van der Waals surface area contributed by atoms with Crippen LogP contribution in [-0.2, 0) is 16.2 Å². The third kappa shape index (κ3) is 14.9. The number of nitrogens with one attached hydrogen (secondary N) is 1. The Balaban J connectivity index is 0.000000455. The Labute approximate surface area is 202 Å². The lowest BCUT2D eigenvalue weighted by Crippen LogP contribution is -2.00. The lowest BCUT2D eigenvalue weighted by Gasteiger charge is -2.01. The van der Waals surface area contributed by atoms with E-state index in [-0.39, 0.29) is 18.6 Å². The number of nitrogens with two attached hydrogens (primary N) is 2. The van der Waals surface area contributed by atoms with Crippen molar-refractivity contribution in [2.45, 2.75) is 11.5 Å². The average molecular weight is 516 g/mol. The molecule has 0 aliphatic carbocycles. The van der Waals surface area contributed by atoms with Crippen LogP contribution in [0.3, 0.4) is 0 Å². The second-order valence-corrected chi connectivity index (χ2v) is 7.50. The summed E-state index contributed by atoms with van der Waals surface area (Å²) in [4.78, 5) is 33.6. The van der Waals surface area contributed by atoms with Crippen LogP contribution in [0.15, 0.2) is 53.4 Å². The van der Waals surface area contributed by atoms with E-state index in [2.05, 4.69) is 45.6 Å². The van der Waals surface area contributed by atoms with Crippen molar-refractivity contribution in [2.24, 2.45) is 5.73 Å². The molecule has 0 saturated heterocycles. The number of H-pyrrole nitrogens is 1. The predicted molar refractivity (Wildman–Crippen MR) is 127 cm³/mol. The quantitative estimate of drug-likeness (QED) is 0.111. The van der Waals surface area contributed by atoms with Crippen molar-refractivity contribution in [3.05, 3.63) is 73.7 Å². The molecule has 3 aromatic rings. The van der Waals surface area contributed by atoms with Gasteiger partial charge in [-0.1, -0.05) is 29.5 Å². The number of carbonyl (C=O) groups excluding carboxylic acids is 1. The second-order valence-electron chi connectivity index (χ2n) is 5.29. The normalized spacial score (nSPS) is 8.79. The minimum absolute atomic E-state index is 0.0308. The SMILES string of the molecule is COc1ccc(CO[N+](=O)[O-])cc1.NC=O.Nc1n[nH]c(=S)s1.O=C(O)c1cccc(S)c1. The number of nitrogens with zero attached hydrogens (tertiary/aromatic N) is 2. The molecule has 33 heavy (non-hydrogen) atoms. The molecule has 1 amide bonds. The predicted octanol–water partition coefficient (Wildman–Crippen LogP) is 2.96. The van der Waals surface area contributed by atoms with Crippen LogP contribution in [0.4, 0.5) is 5.13 Å². The number of anilines is 1. The smallest absolute Gasteiger partial charge is 0.335 e. The lowest BCUT2D eigenvalue weighted by atomic mass is 10.2. The number of benzene rings is 2. The van der Waals surface area contributed by atoms with Crippen LogP contribution in [0.2, 0.25) is 0 Å². The molecule has 0 aliphatic rings. The van der Waals surface area contributed by atoms with E-state index in [9.17, 15) is 14.9 Å². The topological polar surface area (TPSA) is 197 Å². The van der Waals surface area contributed by atoms with Gasteiger partial charge >= 0.3 is 5.97 Å². The molecule has 3 rings (SSSR count). The largest absolute Gasteiger partial charge is 0.497 e. The first kappa shape index (κ1) is 29.3. The Kier molecular flexibility index (Phi) is 15.0. The summed E-state index contributed by atoms with van der Waals surface area (Å²) >= 11 is 9.91. The van der Waals surface area contributed by atoms with Crippen LogP contribution in [-0.4, -0.2) is 39.9 Å². The summed E-state index contributed by atoms with van der Waals surface area (Å²) in [6, 6.07) is 13.3. The highest BCUT2D eigenvalue weighted by Gasteiger charge is 2.00. The number of aromatic carboxylic acids is 1. The Bertz CT molecular complexity index is 1060. The summed E-state index contributed by atoms with van der Waals surface area (Å²) in [6.07, 6.45) is 0.250. The summed E-state index contributed by atoms with van der Waals surface area (Å²) < 4.78 is 5.54. The fraction of sp³-hybridized carbons (Fsp3) is 0.111. The third-order valence-electron chi connectivity index (χ3n) is 3.04. The number of aromatic nitrogens is 2. The van der Waals surface area contributed by atoms with E-state index >= 15 is 0 Å². The van der Waals surface area contributed by atoms with Crippen molar-refractivity contribution >= 4 is 53.7 Å². The number of primary amides is 1. The Morgan fingerprint density at radius 1 is 1.36 bits per heavy atom. The number of thiol groups is 1. The summed E-state index contributed by atoms with van der Waals surface area (Å²) in [6.45, 7) is -0.0308. The maximum Gasteiger partial charge on any atom is 0.335 e. The van der Waals surface area contributed by atoms with Gasteiger partial charge in [-0.05, 0) is 48.1 Å². The van der Waals surface area contributed by atoms with Gasteiger partial charge in [0.1, 0.15) is 12.4 Å². The molecule has 6 N–H and O–H groups in total. The Morgan fingerprint density at radius 3 is 2.30 bits per heavy atom. The fourth-order valence-electron chi connectivity index (χ4n) is 1.73. The molecule has 0 aliphatic heterocycles. The lowest BCUT2D eigenvalue weighted by molar-refractivity contribution is -0.763. The highest BCUT2D eigenvalue weighted by molar-refractivity contribution is 7.80. The summed E-state index contributed by atoms with van der Waals surface area (Å²) in [7, 11) is 1.56. The number of hydrogen-bond donors (Lipinski definition) is 5. The summed E-state index contributed by atoms with van der Waals surface area (Å²) in [5, 5.41) is 24.1. The standard InChI is InChI=1S/C8H9NO4.C7H6O2S.C2H3N3S2.CH3NO/c1-12-8-4-2-7(3-5-8)6-13-9(10)11;8-7(9)5-2-1-3-6(10)4-5;3-1-4-5-2(6)7-1;2-1-3/h2-5H,6H2,1H3;1-4,10H,(H,8,9);(H2,3,4)(H,5,6);1H,(H2,2,3). The van der Waals surface area contributed by atoms with Gasteiger partial charge in [-0.15, -0.1) is 27.8 Å². The van der Waals surface area contributed by atoms with Crippen LogP contribution in [0.1, 0.15) is 15.9 Å². The molecule has 1 aromatic heterocycles. The molecule has 0 saturated carbocycles. The van der Waals surface area contributed by atoms with Crippen LogP contribution < -0.4 is 16.2 Å². The molecular weight excluding hydrogens is 494 g/mol. The summed E-state index contributed by atoms with van der Waals surface area (Å²) in [5.74, 6) is -0.208. The molecule has 0 atom stereocenters. The first-order chi connectivity index (χ1) is 15.6. The molecule has 0 spiro atoms. The first-order valence-electron chi connectivity index (χ1n) is 8.51. The van der Waals surface area contributed by atoms with Gasteiger partial charge in [0.05, 0.1) is 12.7 Å². The number of carboxylic acids is 1. The van der Waals surface area contributed by atoms with E-state index in [0.29, 0.717) is 19.7 Å². The zero-order valence-electron chi connectivity index (χ0n) is 17.1. The van der Waals surface area contributed by atoms with E-state index in [0.717, 1.165) is 5.56 Å². The van der Waals surface area contributed by atoms with Gasteiger partial charge in [-0.2, -0.15) is 0 Å². The van der Waals surface area contributed by atoms with E-state index in [1.165, 1.54) is 23.5 Å². The molecule has 0 bridgehead atoms. The minimum atomic E-state index is -0.920. The van der Waals surface area contributed by atoms with Gasteiger partial charge in [0, 0.05) is 4.90 Å². The van der Waals surface area contributed by atoms with Crippen LogP contribution in [0, 0.1) is 14.1 Å². The number of rotatable bonds is 5. The Hall–Kier alpha value is -3.69. The molecule has 2 aromatic carbocycles. The minimum Gasteiger partial charge on any atom is -0.497 e. The number of methoxy groups -OCH3 is 1. The zero-order chi connectivity index (χ0) is 25.2. The number of carbonyl (C=O) groups is 2. The van der Waals surface area contributed by atoms with Crippen molar-refractivity contribution in [3.63, 3.8) is 0 Å². The number of ether oxygens (including phenoxy) is 1. The van der Waals surface area contributed by atoms with E-state index in [1.54, 1.807) is 43.5 Å². The first-order valence-corrected chi connectivity index (χ1v) is 10.2. The van der Waals surface area contributed by atoms with Crippen LogP contribution in [0.5, 0.6) is 5.75 Å². The van der Waals surface area contributed by atoms with Gasteiger partial charge in [0.15, 0.2) is 3.95 Å². The van der Waals surface area contributed by atoms with E-state index < -0.39 is 11.1 Å². The Morgan fingerprint density at radius 2 is 1.97 bits per heavy atom. The highest BCUT2D eigenvalue weighted by atomic mass is 32.1. The van der Waals surface area contributed by atoms with E-state index in [4.69, 9.17) is 20.4 Å². The van der Waals surface area contributed by atoms with Gasteiger partial charge in [0.2, 0.25) is 11.5 Å². The highest BCUT2D eigenvalue weighted by Crippen LogP contribution is 2.11. The molecule has 0 unspecified atom stereocenters. The average Bonchev–Trinajstić information content (AvgIpc) is 3.16. The number of aromatic amines is 1. The number of amides is 1. The molecule has 1 heterocycles. The van der Waals surface area contributed by atoms with Crippen molar-refractivity contribution < 1.29 is 29.4 Å². The third-order valence-corrected chi connectivity index (χ3v) is 4.24. The van der Waals surface area contributed by atoms with Gasteiger partial charge in [-0.25, -0.2) is 4.79 Å². The van der Waals surface area contributed by atoms with Gasteiger partial charge in [0.25, 0.3) is 5.09 Å². The van der Waals surface area contributed by atoms with Crippen molar-refractivity contribution in [1.29, 1.82) is 0 Å². The molecule has 0 radical (unpaired) electrons. The summed E-state index contributed by atoms with van der Waals surface area (Å²) in [5.41, 5.74) is 10.4. The molecule has 12 nitrogen and oxygen atoms in total. The second kappa shape index (κ2) is 16.9. The number of hydrogen-bond acceptors (Lipinski definition) is 11. The van der Waals surface area contributed by atoms with Crippen LogP contribution in [0.25, 0.3) is 0 Å².